The van der Waals surface area contributed by atoms with Crippen LogP contribution >= 0.6 is 0 Å². The van der Waals surface area contributed by atoms with Gasteiger partial charge >= 0.3 is 6.09 Å². The first-order valence-corrected chi connectivity index (χ1v) is 11.4. The van der Waals surface area contributed by atoms with Gasteiger partial charge in [-0.15, -0.1) is 0 Å². The Balaban J connectivity index is 0.000000654. The number of hydrogen-bond donors (Lipinski definition) is 2. The highest BCUT2D eigenvalue weighted by Crippen LogP contribution is 2.33. The number of benzene rings is 1. The average Bonchev–Trinajstić information content (AvgIpc) is 2.71. The molecule has 0 radical (unpaired) electrons. The molecule has 1 aromatic carbocycles. The number of pyridine rings is 1. The van der Waals surface area contributed by atoms with Gasteiger partial charge in [-0.25, -0.2) is 18.0 Å². The number of rotatable bonds is 5. The predicted molar refractivity (Wildman–Crippen MR) is 111 cm³/mol. The maximum Gasteiger partial charge on any atom is 0.410 e. The Hall–Kier alpha value is -2.86. The molecule has 1 aliphatic rings. The lowest BCUT2D eigenvalue weighted by molar-refractivity contribution is -0.101. The summed E-state index contributed by atoms with van der Waals surface area (Å²) in [4.78, 5) is 17.0. The molecule has 0 unspecified atom stereocenters. The number of nitrogens with one attached hydrogen (secondary N) is 1. The molecule has 1 aromatic heterocycles. The molecule has 1 fully saturated rings. The van der Waals surface area contributed by atoms with Crippen LogP contribution in [0.3, 0.4) is 0 Å². The highest BCUT2D eigenvalue weighted by molar-refractivity contribution is 7.85. The third-order valence-corrected chi connectivity index (χ3v) is 4.51. The number of amides is 1. The quantitative estimate of drug-likeness (QED) is 0.638. The molecule has 32 heavy (non-hydrogen) atoms. The molecule has 0 saturated carbocycles. The van der Waals surface area contributed by atoms with Gasteiger partial charge in [-0.1, -0.05) is 12.1 Å². The Morgan fingerprint density at radius 3 is 2.41 bits per heavy atom. The topological polar surface area (TPSA) is 109 Å². The number of halogens is 3. The second kappa shape index (κ2) is 11.1. The molecule has 0 spiro atoms. The number of ether oxygens (including phenoxy) is 1. The van der Waals surface area contributed by atoms with Gasteiger partial charge in [-0.05, 0) is 36.2 Å². The van der Waals surface area contributed by atoms with Gasteiger partial charge in [-0.3, -0.25) is 9.54 Å². The number of carbonyl (C=O) groups is 1. The molecule has 2 N–H and O–H groups in total. The van der Waals surface area contributed by atoms with Crippen LogP contribution in [0.4, 0.5) is 23.7 Å². The fourth-order valence-electron chi connectivity index (χ4n) is 2.92. The van der Waals surface area contributed by atoms with E-state index in [4.69, 9.17) is 9.29 Å². The SMILES string of the molecule is CS(=O)(=O)O.O=C(OCc1ccc(F)cc1)N1CC[C@H](CNc2ccncc2)C(F)(F)C1. The average molecular weight is 475 g/mol. The molecule has 1 saturated heterocycles. The molecule has 8 nitrogen and oxygen atoms in total. The molecule has 12 heteroatoms. The summed E-state index contributed by atoms with van der Waals surface area (Å²) in [6, 6.07) is 8.87. The Morgan fingerprint density at radius 2 is 1.84 bits per heavy atom. The molecule has 1 aliphatic heterocycles. The zero-order chi connectivity index (χ0) is 23.8. The molecular formula is C20H24F3N3O5S. The van der Waals surface area contributed by atoms with Gasteiger partial charge in [0.25, 0.3) is 16.0 Å². The molecule has 1 atom stereocenters. The van der Waals surface area contributed by atoms with Crippen LogP contribution in [-0.2, 0) is 21.5 Å². The van der Waals surface area contributed by atoms with Gasteiger partial charge in [0.2, 0.25) is 0 Å². The largest absolute Gasteiger partial charge is 0.445 e. The van der Waals surface area contributed by atoms with E-state index in [1.165, 1.54) is 24.3 Å². The summed E-state index contributed by atoms with van der Waals surface area (Å²) in [5, 5.41) is 2.98. The Labute approximate surface area is 184 Å². The van der Waals surface area contributed by atoms with Crippen molar-refractivity contribution in [1.29, 1.82) is 0 Å². The summed E-state index contributed by atoms with van der Waals surface area (Å²) in [7, 11) is -3.67. The van der Waals surface area contributed by atoms with Gasteiger partial charge in [0, 0.05) is 37.1 Å². The number of carbonyl (C=O) groups excluding carboxylic acids is 1. The highest BCUT2D eigenvalue weighted by Gasteiger charge is 2.46. The lowest BCUT2D eigenvalue weighted by atomic mass is 9.93. The normalized spacial score (nSPS) is 17.7. The van der Waals surface area contributed by atoms with Crippen LogP contribution in [-0.4, -0.2) is 60.8 Å². The number of alkyl halides is 2. The van der Waals surface area contributed by atoms with Crippen molar-refractivity contribution in [2.75, 3.05) is 31.2 Å². The Kier molecular flexibility index (Phi) is 8.84. The molecule has 2 aromatic rings. The van der Waals surface area contributed by atoms with Gasteiger partial charge < -0.3 is 15.0 Å². The van der Waals surface area contributed by atoms with Crippen LogP contribution in [0.1, 0.15) is 12.0 Å². The van der Waals surface area contributed by atoms with Crippen molar-refractivity contribution in [3.63, 3.8) is 0 Å². The number of anilines is 1. The summed E-state index contributed by atoms with van der Waals surface area (Å²) < 4.78 is 72.7. The number of hydrogen-bond acceptors (Lipinski definition) is 6. The van der Waals surface area contributed by atoms with Crippen LogP contribution in [0.25, 0.3) is 0 Å². The van der Waals surface area contributed by atoms with Crippen molar-refractivity contribution in [2.24, 2.45) is 5.92 Å². The molecule has 0 bridgehead atoms. The van der Waals surface area contributed by atoms with Gasteiger partial charge in [0.05, 0.1) is 12.8 Å². The minimum Gasteiger partial charge on any atom is -0.445 e. The Morgan fingerprint density at radius 1 is 1.25 bits per heavy atom. The molecule has 0 aliphatic carbocycles. The van der Waals surface area contributed by atoms with Crippen molar-refractivity contribution in [2.45, 2.75) is 19.0 Å². The molecule has 3 rings (SSSR count). The van der Waals surface area contributed by atoms with E-state index in [1.54, 1.807) is 24.5 Å². The third-order valence-electron chi connectivity index (χ3n) is 4.51. The summed E-state index contributed by atoms with van der Waals surface area (Å²) >= 11 is 0. The lowest BCUT2D eigenvalue weighted by Gasteiger charge is -2.37. The fraction of sp³-hybridized carbons (Fsp3) is 0.400. The highest BCUT2D eigenvalue weighted by atomic mass is 32.2. The number of nitrogens with zero attached hydrogens (tertiary/aromatic N) is 2. The zero-order valence-electron chi connectivity index (χ0n) is 17.2. The first-order chi connectivity index (χ1) is 14.9. The first-order valence-electron chi connectivity index (χ1n) is 9.54. The van der Waals surface area contributed by atoms with Crippen molar-refractivity contribution in [1.82, 2.24) is 9.88 Å². The van der Waals surface area contributed by atoms with Crippen molar-refractivity contribution in [3.8, 4) is 0 Å². The first kappa shape index (κ1) is 25.4. The fourth-order valence-corrected chi connectivity index (χ4v) is 2.92. The predicted octanol–water partition coefficient (Wildman–Crippen LogP) is 3.43. The van der Waals surface area contributed by atoms with Gasteiger partial charge in [0.15, 0.2) is 0 Å². The van der Waals surface area contributed by atoms with E-state index in [2.05, 4.69) is 10.3 Å². The molecular weight excluding hydrogens is 451 g/mol. The van der Waals surface area contributed by atoms with E-state index in [0.717, 1.165) is 10.6 Å². The zero-order valence-corrected chi connectivity index (χ0v) is 18.1. The van der Waals surface area contributed by atoms with Crippen LogP contribution in [0.5, 0.6) is 0 Å². The van der Waals surface area contributed by atoms with E-state index < -0.39 is 40.4 Å². The van der Waals surface area contributed by atoms with E-state index in [0.29, 0.717) is 11.8 Å². The number of likely N-dealkylation sites (tertiary alicyclic amines) is 1. The summed E-state index contributed by atoms with van der Waals surface area (Å²) in [6.45, 7) is -0.470. The summed E-state index contributed by atoms with van der Waals surface area (Å²) in [5.41, 5.74) is 1.31. The molecule has 2 heterocycles. The molecule has 176 valence electrons. The maximum absolute atomic E-state index is 14.4. The standard InChI is InChI=1S/C19H20F3N3O2.CH4O3S/c20-16-3-1-14(2-4-16)12-27-18(26)25-10-7-15(19(21,22)13-25)11-24-17-5-8-23-9-6-17;1-5(2,3)4/h1-6,8-9,15H,7,10-13H2,(H,23,24);1H3,(H,2,3,4)/t15-;/m1./s1. The van der Waals surface area contributed by atoms with Crippen molar-refractivity contribution >= 4 is 21.9 Å². The number of piperidine rings is 1. The third kappa shape index (κ3) is 9.10. The molecule has 1 amide bonds. The van der Waals surface area contributed by atoms with Crippen LogP contribution in [0, 0.1) is 11.7 Å². The summed E-state index contributed by atoms with van der Waals surface area (Å²) in [6.07, 6.45) is 3.25. The second-order valence-electron chi connectivity index (χ2n) is 7.20. The van der Waals surface area contributed by atoms with Gasteiger partial charge in [-0.2, -0.15) is 8.42 Å². The van der Waals surface area contributed by atoms with Crippen LogP contribution in [0.2, 0.25) is 0 Å². The minimum atomic E-state index is -3.67. The smallest absolute Gasteiger partial charge is 0.410 e. The lowest BCUT2D eigenvalue weighted by Crippen LogP contribution is -2.52. The minimum absolute atomic E-state index is 0.0891. The van der Waals surface area contributed by atoms with E-state index in [-0.39, 0.29) is 26.1 Å². The summed E-state index contributed by atoms with van der Waals surface area (Å²) in [5.74, 6) is -4.30. The number of aromatic nitrogens is 1. The Bertz CT molecular complexity index is 968. The maximum atomic E-state index is 14.4. The van der Waals surface area contributed by atoms with Gasteiger partial charge in [0.1, 0.15) is 12.4 Å². The van der Waals surface area contributed by atoms with Crippen molar-refractivity contribution < 1.29 is 35.7 Å². The van der Waals surface area contributed by atoms with Crippen LogP contribution < -0.4 is 5.32 Å². The van der Waals surface area contributed by atoms with Crippen molar-refractivity contribution in [3.05, 3.63) is 60.2 Å². The van der Waals surface area contributed by atoms with Crippen LogP contribution in [0.15, 0.2) is 48.8 Å². The van der Waals surface area contributed by atoms with E-state index >= 15 is 0 Å². The second-order valence-corrected chi connectivity index (χ2v) is 8.67. The monoisotopic (exact) mass is 475 g/mol. The van der Waals surface area contributed by atoms with E-state index in [1.807, 2.05) is 0 Å². The van der Waals surface area contributed by atoms with E-state index in [9.17, 15) is 26.4 Å².